The number of carbonyl (C=O) groups excluding carboxylic acids is 3. The van der Waals surface area contributed by atoms with Gasteiger partial charge in [-0.15, -0.1) is 0 Å². The van der Waals surface area contributed by atoms with E-state index in [1.54, 1.807) is 6.29 Å². The van der Waals surface area contributed by atoms with Gasteiger partial charge in [0.2, 0.25) is 18.1 Å². The fraction of sp³-hybridized carbons (Fsp3) is 0.769. The standard InChI is InChI=1S/C13H22N3O3/c1-3-9(2)11(13(19)15-7-8-17)16-12(18)10-5-4-6-14-10/h9-11,14H,3-7H2,1-2H3,(H,15,19)(H,16,18)/t9-,10-,11-/m0/s1. The highest BCUT2D eigenvalue weighted by atomic mass is 16.2. The topological polar surface area (TPSA) is 87.3 Å². The first-order chi connectivity index (χ1) is 9.10. The number of rotatable bonds is 7. The summed E-state index contributed by atoms with van der Waals surface area (Å²) >= 11 is 0. The van der Waals surface area contributed by atoms with Crippen molar-refractivity contribution in [3.05, 3.63) is 0 Å². The summed E-state index contributed by atoms with van der Waals surface area (Å²) in [6.07, 6.45) is 4.14. The molecule has 3 N–H and O–H groups in total. The summed E-state index contributed by atoms with van der Waals surface area (Å²) in [5, 5.41) is 8.32. The molecule has 0 unspecified atom stereocenters. The van der Waals surface area contributed by atoms with Gasteiger partial charge in [-0.25, -0.2) is 0 Å². The van der Waals surface area contributed by atoms with Crippen LogP contribution in [0.5, 0.6) is 0 Å². The van der Waals surface area contributed by atoms with Gasteiger partial charge in [-0.05, 0) is 25.3 Å². The first-order valence-electron chi connectivity index (χ1n) is 6.76. The predicted octanol–water partition coefficient (Wildman–Crippen LogP) is -0.505. The molecule has 0 saturated carbocycles. The average Bonchev–Trinajstić information content (AvgIpc) is 2.95. The number of hydrogen-bond acceptors (Lipinski definition) is 4. The molecule has 1 aliphatic rings. The van der Waals surface area contributed by atoms with Gasteiger partial charge in [-0.1, -0.05) is 20.3 Å². The van der Waals surface area contributed by atoms with Crippen molar-refractivity contribution in [2.45, 2.75) is 45.2 Å². The summed E-state index contributed by atoms with van der Waals surface area (Å²) in [4.78, 5) is 34.1. The summed E-state index contributed by atoms with van der Waals surface area (Å²) in [6, 6.07) is -0.815. The number of carbonyl (C=O) groups is 2. The van der Waals surface area contributed by atoms with Crippen LogP contribution in [0.2, 0.25) is 0 Å². The van der Waals surface area contributed by atoms with Crippen LogP contribution < -0.4 is 16.0 Å². The van der Waals surface area contributed by atoms with Crippen LogP contribution in [0, 0.1) is 5.92 Å². The lowest BCUT2D eigenvalue weighted by Crippen LogP contribution is -2.54. The maximum absolute atomic E-state index is 12.0. The molecule has 3 atom stereocenters. The fourth-order valence-corrected chi connectivity index (χ4v) is 2.10. The minimum atomic E-state index is -0.603. The van der Waals surface area contributed by atoms with Gasteiger partial charge < -0.3 is 16.0 Å². The van der Waals surface area contributed by atoms with Crippen LogP contribution in [-0.4, -0.2) is 43.3 Å². The lowest BCUT2D eigenvalue weighted by Gasteiger charge is -2.24. The molecular formula is C13H22N3O3. The first kappa shape index (κ1) is 15.6. The third kappa shape index (κ3) is 4.63. The minimum absolute atomic E-state index is 0.0111. The van der Waals surface area contributed by atoms with Gasteiger partial charge in [0.1, 0.15) is 6.04 Å². The van der Waals surface area contributed by atoms with Gasteiger partial charge in [0.15, 0.2) is 0 Å². The Bertz CT molecular complexity index is 327. The monoisotopic (exact) mass is 268 g/mol. The largest absolute Gasteiger partial charge is 0.347 e. The fourth-order valence-electron chi connectivity index (χ4n) is 2.10. The van der Waals surface area contributed by atoms with Gasteiger partial charge in [-0.3, -0.25) is 14.4 Å². The lowest BCUT2D eigenvalue weighted by molar-refractivity contribution is -0.130. The normalized spacial score (nSPS) is 21.5. The van der Waals surface area contributed by atoms with Gasteiger partial charge in [0.25, 0.3) is 0 Å². The molecule has 0 aromatic heterocycles. The predicted molar refractivity (Wildman–Crippen MR) is 71.1 cm³/mol. The number of nitrogens with one attached hydrogen (secondary N) is 3. The zero-order valence-corrected chi connectivity index (χ0v) is 11.5. The Balaban J connectivity index is 2.60. The SMILES string of the molecule is CC[C@H](C)[C@H](NC(=O)[C@@H]1CCCN1)C(=O)NC[C]=O. The third-order valence-electron chi connectivity index (χ3n) is 3.50. The highest BCUT2D eigenvalue weighted by molar-refractivity contribution is 5.90. The van der Waals surface area contributed by atoms with Crippen LogP contribution in [0.1, 0.15) is 33.1 Å². The molecule has 0 aromatic rings. The number of amides is 2. The maximum atomic E-state index is 12.0. The molecule has 6 heteroatoms. The first-order valence-corrected chi connectivity index (χ1v) is 6.76. The molecule has 0 aromatic carbocycles. The molecule has 0 bridgehead atoms. The van der Waals surface area contributed by atoms with Crippen molar-refractivity contribution in [3.63, 3.8) is 0 Å². The van der Waals surface area contributed by atoms with Crippen molar-refractivity contribution in [3.8, 4) is 0 Å². The van der Waals surface area contributed by atoms with Crippen LogP contribution in [-0.2, 0) is 14.4 Å². The van der Waals surface area contributed by atoms with E-state index in [0.29, 0.717) is 0 Å². The van der Waals surface area contributed by atoms with E-state index >= 15 is 0 Å². The number of hydrogen-bond donors (Lipinski definition) is 3. The molecule has 1 fully saturated rings. The van der Waals surface area contributed by atoms with Crippen molar-refractivity contribution < 1.29 is 14.4 Å². The van der Waals surface area contributed by atoms with Crippen molar-refractivity contribution in [1.82, 2.24) is 16.0 Å². The lowest BCUT2D eigenvalue weighted by atomic mass is 9.98. The Morgan fingerprint density at radius 3 is 2.74 bits per heavy atom. The van der Waals surface area contributed by atoms with Crippen molar-refractivity contribution >= 4 is 18.1 Å². The van der Waals surface area contributed by atoms with Crippen molar-refractivity contribution in [1.29, 1.82) is 0 Å². The molecule has 6 nitrogen and oxygen atoms in total. The van der Waals surface area contributed by atoms with E-state index in [9.17, 15) is 14.4 Å². The van der Waals surface area contributed by atoms with Crippen molar-refractivity contribution in [2.75, 3.05) is 13.1 Å². The van der Waals surface area contributed by atoms with Gasteiger partial charge in [0, 0.05) is 0 Å². The quantitative estimate of drug-likeness (QED) is 0.580. The zero-order chi connectivity index (χ0) is 14.3. The van der Waals surface area contributed by atoms with E-state index in [4.69, 9.17) is 0 Å². The maximum Gasteiger partial charge on any atom is 0.243 e. The van der Waals surface area contributed by atoms with E-state index in [-0.39, 0.29) is 30.3 Å². The summed E-state index contributed by atoms with van der Waals surface area (Å²) in [5.74, 6) is -0.464. The van der Waals surface area contributed by atoms with E-state index in [1.165, 1.54) is 0 Å². The Morgan fingerprint density at radius 2 is 2.21 bits per heavy atom. The summed E-state index contributed by atoms with van der Waals surface area (Å²) < 4.78 is 0. The smallest absolute Gasteiger partial charge is 0.243 e. The van der Waals surface area contributed by atoms with Crippen LogP contribution in [0.25, 0.3) is 0 Å². The van der Waals surface area contributed by atoms with E-state index in [0.717, 1.165) is 25.8 Å². The third-order valence-corrected chi connectivity index (χ3v) is 3.50. The molecule has 1 aliphatic heterocycles. The molecule has 1 saturated heterocycles. The van der Waals surface area contributed by atoms with E-state index < -0.39 is 6.04 Å². The van der Waals surface area contributed by atoms with Crippen LogP contribution >= 0.6 is 0 Å². The minimum Gasteiger partial charge on any atom is -0.347 e. The Morgan fingerprint density at radius 1 is 1.47 bits per heavy atom. The summed E-state index contributed by atoms with van der Waals surface area (Å²) in [6.45, 7) is 4.54. The molecule has 1 rings (SSSR count). The highest BCUT2D eigenvalue weighted by Gasteiger charge is 2.29. The second-order valence-electron chi connectivity index (χ2n) is 4.88. The molecule has 2 amide bonds. The second kappa shape index (κ2) is 7.89. The Labute approximate surface area is 113 Å². The zero-order valence-electron chi connectivity index (χ0n) is 11.5. The summed E-state index contributed by atoms with van der Waals surface area (Å²) in [5.41, 5.74) is 0. The van der Waals surface area contributed by atoms with E-state index in [1.807, 2.05) is 13.8 Å². The van der Waals surface area contributed by atoms with E-state index in [2.05, 4.69) is 16.0 Å². The van der Waals surface area contributed by atoms with Crippen LogP contribution in [0.3, 0.4) is 0 Å². The van der Waals surface area contributed by atoms with Crippen LogP contribution in [0.4, 0.5) is 0 Å². The molecular weight excluding hydrogens is 246 g/mol. The van der Waals surface area contributed by atoms with Crippen LogP contribution in [0.15, 0.2) is 0 Å². The Kier molecular flexibility index (Phi) is 6.49. The molecule has 19 heavy (non-hydrogen) atoms. The molecule has 107 valence electrons. The van der Waals surface area contributed by atoms with Gasteiger partial charge in [0.05, 0.1) is 12.6 Å². The average molecular weight is 268 g/mol. The van der Waals surface area contributed by atoms with Gasteiger partial charge >= 0.3 is 0 Å². The molecule has 1 heterocycles. The molecule has 0 spiro atoms. The summed E-state index contributed by atoms with van der Waals surface area (Å²) in [7, 11) is 0. The van der Waals surface area contributed by atoms with Crippen molar-refractivity contribution in [2.24, 2.45) is 5.92 Å². The highest BCUT2D eigenvalue weighted by Crippen LogP contribution is 2.10. The molecule has 1 radical (unpaired) electrons. The molecule has 0 aliphatic carbocycles. The Hall–Kier alpha value is -1.43. The second-order valence-corrected chi connectivity index (χ2v) is 4.88. The van der Waals surface area contributed by atoms with Gasteiger partial charge in [-0.2, -0.15) is 0 Å².